The highest BCUT2D eigenvalue weighted by Gasteiger charge is 2.19. The second-order valence-electron chi connectivity index (χ2n) is 4.64. The molecule has 0 radical (unpaired) electrons. The molecule has 0 saturated heterocycles. The predicted molar refractivity (Wildman–Crippen MR) is 65.2 cm³/mol. The average molecular weight is 232 g/mol. The highest BCUT2D eigenvalue weighted by molar-refractivity contribution is 5.44. The predicted octanol–water partition coefficient (Wildman–Crippen LogP) is 0.556. The molecule has 0 aliphatic heterocycles. The van der Waals surface area contributed by atoms with Gasteiger partial charge in [-0.25, -0.2) is 4.52 Å². The van der Waals surface area contributed by atoms with Gasteiger partial charge in [-0.15, -0.1) is 0 Å². The van der Waals surface area contributed by atoms with Gasteiger partial charge in [0.1, 0.15) is 5.52 Å². The molecule has 1 saturated carbocycles. The zero-order chi connectivity index (χ0) is 11.8. The number of hydrogen-bond acceptors (Lipinski definition) is 3. The molecule has 0 bridgehead atoms. The fourth-order valence-electron chi connectivity index (χ4n) is 2.00. The van der Waals surface area contributed by atoms with Gasteiger partial charge in [0.05, 0.1) is 5.69 Å². The van der Waals surface area contributed by atoms with E-state index in [0.717, 1.165) is 18.8 Å². The first-order chi connectivity index (χ1) is 8.24. The lowest BCUT2D eigenvalue weighted by atomic mass is 10.4. The molecule has 0 atom stereocenters. The largest absolute Gasteiger partial charge is 0.312 e. The van der Waals surface area contributed by atoms with Gasteiger partial charge in [0.15, 0.2) is 0 Å². The van der Waals surface area contributed by atoms with Crippen LogP contribution in [0, 0.1) is 6.92 Å². The van der Waals surface area contributed by atoms with Gasteiger partial charge in [-0.2, -0.15) is 5.10 Å². The number of aromatic nitrogens is 3. The lowest BCUT2D eigenvalue weighted by molar-refractivity contribution is 0.581. The van der Waals surface area contributed by atoms with Crippen molar-refractivity contribution in [3.8, 4) is 0 Å². The highest BCUT2D eigenvalue weighted by Crippen LogP contribution is 2.17. The molecule has 2 heterocycles. The van der Waals surface area contributed by atoms with E-state index < -0.39 is 0 Å². The molecule has 90 valence electrons. The molecular formula is C12H16N4O. The summed E-state index contributed by atoms with van der Waals surface area (Å²) in [7, 11) is 0. The third-order valence-corrected chi connectivity index (χ3v) is 3.09. The van der Waals surface area contributed by atoms with Crippen LogP contribution < -0.4 is 10.9 Å². The van der Waals surface area contributed by atoms with Crippen molar-refractivity contribution in [3.05, 3.63) is 34.5 Å². The zero-order valence-corrected chi connectivity index (χ0v) is 9.89. The molecule has 0 unspecified atom stereocenters. The lowest BCUT2D eigenvalue weighted by Gasteiger charge is -2.06. The van der Waals surface area contributed by atoms with Crippen molar-refractivity contribution in [2.45, 2.75) is 32.4 Å². The number of nitrogens with one attached hydrogen (secondary N) is 1. The molecule has 1 aliphatic carbocycles. The Bertz CT molecular complexity index is 594. The van der Waals surface area contributed by atoms with Gasteiger partial charge in [-0.3, -0.25) is 4.79 Å². The van der Waals surface area contributed by atoms with Gasteiger partial charge < -0.3 is 9.88 Å². The molecular weight excluding hydrogens is 216 g/mol. The molecule has 5 heteroatoms. The summed E-state index contributed by atoms with van der Waals surface area (Å²) in [4.78, 5) is 12.1. The van der Waals surface area contributed by atoms with Crippen LogP contribution in [0.15, 0.2) is 23.3 Å². The number of nitrogens with zero attached hydrogens (tertiary/aromatic N) is 3. The van der Waals surface area contributed by atoms with Crippen molar-refractivity contribution in [1.29, 1.82) is 0 Å². The third kappa shape index (κ3) is 2.10. The summed E-state index contributed by atoms with van der Waals surface area (Å²) in [5.74, 6) is 0. The third-order valence-electron chi connectivity index (χ3n) is 3.09. The second-order valence-corrected chi connectivity index (χ2v) is 4.64. The van der Waals surface area contributed by atoms with Crippen molar-refractivity contribution < 1.29 is 0 Å². The molecule has 1 aliphatic rings. The first kappa shape index (κ1) is 10.5. The summed E-state index contributed by atoms with van der Waals surface area (Å²) in [6.07, 6.45) is 6.18. The monoisotopic (exact) mass is 232 g/mol. The van der Waals surface area contributed by atoms with Crippen LogP contribution in [0.25, 0.3) is 5.52 Å². The Hall–Kier alpha value is -1.62. The molecule has 0 aromatic carbocycles. The first-order valence-corrected chi connectivity index (χ1v) is 6.03. The lowest BCUT2D eigenvalue weighted by Crippen LogP contribution is -2.28. The smallest absolute Gasteiger partial charge is 0.276 e. The number of rotatable bonds is 4. The van der Waals surface area contributed by atoms with E-state index in [-0.39, 0.29) is 5.56 Å². The maximum absolute atomic E-state index is 12.1. The van der Waals surface area contributed by atoms with E-state index in [4.69, 9.17) is 0 Å². The van der Waals surface area contributed by atoms with Crippen molar-refractivity contribution >= 4 is 5.52 Å². The number of aryl methyl sites for hydroxylation is 1. The molecule has 0 amide bonds. The fourth-order valence-corrected chi connectivity index (χ4v) is 2.00. The maximum Gasteiger partial charge on any atom is 0.276 e. The van der Waals surface area contributed by atoms with Crippen molar-refractivity contribution in [2.24, 2.45) is 0 Å². The molecule has 17 heavy (non-hydrogen) atoms. The SMILES string of the molecule is Cc1cc2c(=O)n(CCNC3CC3)ccn2n1. The van der Waals surface area contributed by atoms with Crippen LogP contribution in [0.2, 0.25) is 0 Å². The Morgan fingerprint density at radius 1 is 1.47 bits per heavy atom. The van der Waals surface area contributed by atoms with Gasteiger partial charge in [0.2, 0.25) is 0 Å². The average Bonchev–Trinajstić information content (AvgIpc) is 3.03. The van der Waals surface area contributed by atoms with Gasteiger partial charge in [-0.05, 0) is 25.8 Å². The minimum absolute atomic E-state index is 0.0331. The van der Waals surface area contributed by atoms with Crippen LogP contribution in [0.1, 0.15) is 18.5 Å². The number of hydrogen-bond donors (Lipinski definition) is 1. The first-order valence-electron chi connectivity index (χ1n) is 6.03. The van der Waals surface area contributed by atoms with Gasteiger partial charge in [0, 0.05) is 31.5 Å². The van der Waals surface area contributed by atoms with E-state index in [9.17, 15) is 4.79 Å². The second kappa shape index (κ2) is 4.00. The van der Waals surface area contributed by atoms with Crippen LogP contribution in [0.3, 0.4) is 0 Å². The molecule has 2 aromatic rings. The standard InChI is InChI=1S/C12H16N4O/c1-9-8-11-12(17)15(6-7-16(11)14-9)5-4-13-10-2-3-10/h6-8,10,13H,2-5H2,1H3. The zero-order valence-electron chi connectivity index (χ0n) is 9.89. The molecule has 1 fully saturated rings. The van der Waals surface area contributed by atoms with Crippen LogP contribution >= 0.6 is 0 Å². The summed E-state index contributed by atoms with van der Waals surface area (Å²) >= 11 is 0. The Balaban J connectivity index is 1.83. The van der Waals surface area contributed by atoms with Gasteiger partial charge >= 0.3 is 0 Å². The van der Waals surface area contributed by atoms with Crippen LogP contribution in [-0.2, 0) is 6.54 Å². The molecule has 0 spiro atoms. The van der Waals surface area contributed by atoms with Crippen molar-refractivity contribution in [2.75, 3.05) is 6.54 Å². The topological polar surface area (TPSA) is 51.3 Å². The normalized spacial score (nSPS) is 15.6. The van der Waals surface area contributed by atoms with Crippen LogP contribution in [0.4, 0.5) is 0 Å². The molecule has 2 aromatic heterocycles. The van der Waals surface area contributed by atoms with Gasteiger partial charge in [0.25, 0.3) is 5.56 Å². The number of fused-ring (bicyclic) bond motifs is 1. The molecule has 3 rings (SSSR count). The Kier molecular flexibility index (Phi) is 2.48. The summed E-state index contributed by atoms with van der Waals surface area (Å²) in [6.45, 7) is 3.47. The van der Waals surface area contributed by atoms with E-state index in [2.05, 4.69) is 10.4 Å². The summed E-state index contributed by atoms with van der Waals surface area (Å²) in [5.41, 5.74) is 1.55. The highest BCUT2D eigenvalue weighted by atomic mass is 16.1. The van der Waals surface area contributed by atoms with Gasteiger partial charge in [-0.1, -0.05) is 0 Å². The van der Waals surface area contributed by atoms with Crippen molar-refractivity contribution in [1.82, 2.24) is 19.5 Å². The Labute approximate surface area is 99.1 Å². The Morgan fingerprint density at radius 3 is 3.06 bits per heavy atom. The summed E-state index contributed by atoms with van der Waals surface area (Å²) in [6, 6.07) is 2.51. The van der Waals surface area contributed by atoms with E-state index >= 15 is 0 Å². The quantitative estimate of drug-likeness (QED) is 0.838. The van der Waals surface area contributed by atoms with E-state index in [0.29, 0.717) is 11.6 Å². The Morgan fingerprint density at radius 2 is 2.29 bits per heavy atom. The van der Waals surface area contributed by atoms with E-state index in [1.807, 2.05) is 19.2 Å². The van der Waals surface area contributed by atoms with Crippen LogP contribution in [-0.4, -0.2) is 26.8 Å². The molecule has 1 N–H and O–H groups in total. The minimum atomic E-state index is 0.0331. The van der Waals surface area contributed by atoms with E-state index in [1.54, 1.807) is 15.3 Å². The minimum Gasteiger partial charge on any atom is -0.312 e. The molecule has 5 nitrogen and oxygen atoms in total. The summed E-state index contributed by atoms with van der Waals surface area (Å²) in [5, 5.41) is 7.62. The van der Waals surface area contributed by atoms with Crippen molar-refractivity contribution in [3.63, 3.8) is 0 Å². The maximum atomic E-state index is 12.1. The van der Waals surface area contributed by atoms with Crippen LogP contribution in [0.5, 0.6) is 0 Å². The fraction of sp³-hybridized carbons (Fsp3) is 0.500. The summed E-state index contributed by atoms with van der Waals surface area (Å²) < 4.78 is 3.38. The van der Waals surface area contributed by atoms with E-state index in [1.165, 1.54) is 12.8 Å².